The maximum absolute atomic E-state index is 13.6. The molecule has 1 fully saturated rings. The predicted octanol–water partition coefficient (Wildman–Crippen LogP) is 1.49. The molecule has 1 heterocycles. The zero-order chi connectivity index (χ0) is 12.4. The van der Waals surface area contributed by atoms with Crippen LogP contribution in [0.4, 0.5) is 10.1 Å². The Balaban J connectivity index is 2.15. The van der Waals surface area contributed by atoms with Crippen molar-refractivity contribution < 1.29 is 9.50 Å². The van der Waals surface area contributed by atoms with Gasteiger partial charge in [-0.15, -0.1) is 0 Å². The van der Waals surface area contributed by atoms with E-state index in [1.165, 1.54) is 6.07 Å². The van der Waals surface area contributed by atoms with Gasteiger partial charge in [-0.1, -0.05) is 13.0 Å². The highest BCUT2D eigenvalue weighted by atomic mass is 19.1. The second-order valence-corrected chi connectivity index (χ2v) is 4.76. The highest BCUT2D eigenvalue weighted by molar-refractivity contribution is 5.48. The third-order valence-corrected chi connectivity index (χ3v) is 3.54. The summed E-state index contributed by atoms with van der Waals surface area (Å²) in [6.45, 7) is 3.69. The van der Waals surface area contributed by atoms with Crippen LogP contribution in [0.5, 0.6) is 0 Å². The van der Waals surface area contributed by atoms with Crippen LogP contribution in [0.2, 0.25) is 0 Å². The quantitative estimate of drug-likeness (QED) is 0.820. The van der Waals surface area contributed by atoms with E-state index in [2.05, 4.69) is 0 Å². The lowest BCUT2D eigenvalue weighted by molar-refractivity contribution is 0.103. The van der Waals surface area contributed by atoms with Gasteiger partial charge in [0.25, 0.3) is 0 Å². The molecule has 1 saturated heterocycles. The summed E-state index contributed by atoms with van der Waals surface area (Å²) in [6, 6.07) is 5.09. The first-order valence-electron chi connectivity index (χ1n) is 6.03. The molecule has 17 heavy (non-hydrogen) atoms. The van der Waals surface area contributed by atoms with E-state index in [1.54, 1.807) is 6.07 Å². The number of halogens is 1. The SMILES string of the molecule is CC1CCN(c2ccc(CN)c(F)c2)CC1O. The summed E-state index contributed by atoms with van der Waals surface area (Å²) < 4.78 is 13.6. The number of rotatable bonds is 2. The average molecular weight is 238 g/mol. The largest absolute Gasteiger partial charge is 0.391 e. The molecule has 1 aromatic rings. The molecule has 0 amide bonds. The number of β-amino-alcohol motifs (C(OH)–C–C–N with tert-alkyl or cyclic N) is 1. The molecule has 4 heteroatoms. The number of aliphatic hydroxyl groups excluding tert-OH is 1. The van der Waals surface area contributed by atoms with Gasteiger partial charge in [0, 0.05) is 30.9 Å². The zero-order valence-corrected chi connectivity index (χ0v) is 10.1. The smallest absolute Gasteiger partial charge is 0.129 e. The Morgan fingerprint density at radius 3 is 2.88 bits per heavy atom. The first-order valence-corrected chi connectivity index (χ1v) is 6.03. The summed E-state index contributed by atoms with van der Waals surface area (Å²) in [6.07, 6.45) is 0.600. The maximum Gasteiger partial charge on any atom is 0.129 e. The van der Waals surface area contributed by atoms with E-state index >= 15 is 0 Å². The van der Waals surface area contributed by atoms with Crippen LogP contribution in [0.1, 0.15) is 18.9 Å². The summed E-state index contributed by atoms with van der Waals surface area (Å²) >= 11 is 0. The fraction of sp³-hybridized carbons (Fsp3) is 0.538. The van der Waals surface area contributed by atoms with Crippen molar-refractivity contribution in [1.82, 2.24) is 0 Å². The molecule has 3 N–H and O–H groups in total. The Morgan fingerprint density at radius 2 is 2.29 bits per heavy atom. The van der Waals surface area contributed by atoms with Gasteiger partial charge >= 0.3 is 0 Å². The molecule has 2 atom stereocenters. The number of aliphatic hydroxyl groups is 1. The van der Waals surface area contributed by atoms with Gasteiger partial charge in [-0.2, -0.15) is 0 Å². The van der Waals surface area contributed by atoms with Crippen molar-refractivity contribution >= 4 is 5.69 Å². The lowest BCUT2D eigenvalue weighted by Gasteiger charge is -2.35. The van der Waals surface area contributed by atoms with Gasteiger partial charge in [0.1, 0.15) is 5.82 Å². The summed E-state index contributed by atoms with van der Waals surface area (Å²) in [5, 5.41) is 9.82. The monoisotopic (exact) mass is 238 g/mol. The highest BCUT2D eigenvalue weighted by Crippen LogP contribution is 2.24. The molecule has 1 aromatic carbocycles. The van der Waals surface area contributed by atoms with Crippen LogP contribution >= 0.6 is 0 Å². The van der Waals surface area contributed by atoms with Crippen LogP contribution in [0.15, 0.2) is 18.2 Å². The van der Waals surface area contributed by atoms with E-state index in [-0.39, 0.29) is 18.5 Å². The minimum atomic E-state index is -0.332. The molecule has 1 aliphatic rings. The number of anilines is 1. The Morgan fingerprint density at radius 1 is 1.53 bits per heavy atom. The van der Waals surface area contributed by atoms with Gasteiger partial charge in [0.2, 0.25) is 0 Å². The Hall–Kier alpha value is -1.13. The normalized spacial score (nSPS) is 25.1. The van der Waals surface area contributed by atoms with Crippen LogP contribution in [0.3, 0.4) is 0 Å². The second-order valence-electron chi connectivity index (χ2n) is 4.76. The molecule has 0 bridgehead atoms. The minimum absolute atomic E-state index is 0.214. The van der Waals surface area contributed by atoms with Gasteiger partial charge in [-0.3, -0.25) is 0 Å². The first kappa shape index (κ1) is 12.3. The molecular weight excluding hydrogens is 219 g/mol. The minimum Gasteiger partial charge on any atom is -0.391 e. The number of nitrogens with zero attached hydrogens (tertiary/aromatic N) is 1. The van der Waals surface area contributed by atoms with E-state index in [9.17, 15) is 9.50 Å². The molecule has 1 aliphatic heterocycles. The van der Waals surface area contributed by atoms with E-state index in [1.807, 2.05) is 17.9 Å². The fourth-order valence-electron chi connectivity index (χ4n) is 2.18. The van der Waals surface area contributed by atoms with Crippen molar-refractivity contribution in [2.24, 2.45) is 11.7 Å². The zero-order valence-electron chi connectivity index (χ0n) is 10.1. The third-order valence-electron chi connectivity index (χ3n) is 3.54. The van der Waals surface area contributed by atoms with Crippen molar-refractivity contribution in [3.63, 3.8) is 0 Å². The van der Waals surface area contributed by atoms with Crippen LogP contribution in [-0.2, 0) is 6.54 Å². The molecule has 2 rings (SSSR count). The van der Waals surface area contributed by atoms with Crippen molar-refractivity contribution in [3.8, 4) is 0 Å². The van der Waals surface area contributed by atoms with Gasteiger partial charge in [-0.05, 0) is 24.5 Å². The lowest BCUT2D eigenvalue weighted by atomic mass is 9.95. The molecule has 3 nitrogen and oxygen atoms in total. The fourth-order valence-corrected chi connectivity index (χ4v) is 2.18. The molecule has 0 saturated carbocycles. The molecule has 0 radical (unpaired) electrons. The highest BCUT2D eigenvalue weighted by Gasteiger charge is 2.24. The van der Waals surface area contributed by atoms with Crippen LogP contribution in [0.25, 0.3) is 0 Å². The van der Waals surface area contributed by atoms with Crippen LogP contribution in [-0.4, -0.2) is 24.3 Å². The number of nitrogens with two attached hydrogens (primary N) is 1. The Labute approximate surface area is 101 Å². The van der Waals surface area contributed by atoms with Crippen molar-refractivity contribution in [1.29, 1.82) is 0 Å². The van der Waals surface area contributed by atoms with E-state index in [0.717, 1.165) is 18.7 Å². The second kappa shape index (κ2) is 5.02. The van der Waals surface area contributed by atoms with Gasteiger partial charge in [0.15, 0.2) is 0 Å². The Kier molecular flexibility index (Phi) is 3.64. The predicted molar refractivity (Wildman–Crippen MR) is 66.3 cm³/mol. The van der Waals surface area contributed by atoms with Crippen molar-refractivity contribution in [2.45, 2.75) is 26.0 Å². The van der Waals surface area contributed by atoms with Crippen LogP contribution < -0.4 is 10.6 Å². The molecule has 0 aliphatic carbocycles. The molecule has 94 valence electrons. The standard InChI is InChI=1S/C13H19FN2O/c1-9-4-5-16(8-13(9)17)11-3-2-10(7-15)12(14)6-11/h2-3,6,9,13,17H,4-5,7-8,15H2,1H3. The van der Waals surface area contributed by atoms with Crippen LogP contribution in [0, 0.1) is 11.7 Å². The molecule has 2 unspecified atom stereocenters. The summed E-state index contributed by atoms with van der Waals surface area (Å²) in [5.74, 6) is 0.0533. The number of piperidine rings is 1. The number of hydrogen-bond acceptors (Lipinski definition) is 3. The average Bonchev–Trinajstić information content (AvgIpc) is 2.32. The maximum atomic E-state index is 13.6. The first-order chi connectivity index (χ1) is 8.11. The number of benzene rings is 1. The van der Waals surface area contributed by atoms with Crippen molar-refractivity contribution in [2.75, 3.05) is 18.0 Å². The van der Waals surface area contributed by atoms with Crippen molar-refractivity contribution in [3.05, 3.63) is 29.6 Å². The summed E-state index contributed by atoms with van der Waals surface area (Å²) in [7, 11) is 0. The van der Waals surface area contributed by atoms with Gasteiger partial charge in [-0.25, -0.2) is 4.39 Å². The molecular formula is C13H19FN2O. The molecule has 0 spiro atoms. The topological polar surface area (TPSA) is 49.5 Å². The summed E-state index contributed by atoms with van der Waals surface area (Å²) in [4.78, 5) is 2.02. The van der Waals surface area contributed by atoms with Gasteiger partial charge < -0.3 is 15.7 Å². The summed E-state index contributed by atoms with van der Waals surface area (Å²) in [5.41, 5.74) is 6.78. The number of hydrogen-bond donors (Lipinski definition) is 2. The van der Waals surface area contributed by atoms with Gasteiger partial charge in [0.05, 0.1) is 6.10 Å². The lowest BCUT2D eigenvalue weighted by Crippen LogP contribution is -2.42. The third kappa shape index (κ3) is 2.58. The Bertz CT molecular complexity index is 397. The van der Waals surface area contributed by atoms with E-state index in [0.29, 0.717) is 18.0 Å². The van der Waals surface area contributed by atoms with E-state index in [4.69, 9.17) is 5.73 Å². The van der Waals surface area contributed by atoms with E-state index < -0.39 is 0 Å². The molecule has 0 aromatic heterocycles.